The second-order valence-electron chi connectivity index (χ2n) is 3.01. The molecule has 0 aliphatic heterocycles. The molecule has 4 heteroatoms. The Bertz CT molecular complexity index is 396. The number of carboxylic acid groups (broad SMARTS) is 1. The highest BCUT2D eigenvalue weighted by atomic mass is 16.5. The van der Waals surface area contributed by atoms with E-state index in [0.29, 0.717) is 18.1 Å². The first kappa shape index (κ1) is 12.1. The number of aliphatic carboxylic acids is 1. The van der Waals surface area contributed by atoms with E-state index in [-0.39, 0.29) is 0 Å². The van der Waals surface area contributed by atoms with E-state index in [1.54, 1.807) is 25.3 Å². The van der Waals surface area contributed by atoms with E-state index in [2.05, 4.69) is 0 Å². The molecule has 0 aromatic heterocycles. The fraction of sp³-hybridized carbons (Fsp3) is 0.250. The number of ether oxygens (including phenoxy) is 2. The summed E-state index contributed by atoms with van der Waals surface area (Å²) >= 11 is 0. The van der Waals surface area contributed by atoms with E-state index >= 15 is 0 Å². The zero-order chi connectivity index (χ0) is 12.0. The molecule has 0 radical (unpaired) electrons. The number of benzene rings is 1. The Kier molecular flexibility index (Phi) is 4.39. The van der Waals surface area contributed by atoms with Crippen LogP contribution in [0.15, 0.2) is 24.3 Å². The van der Waals surface area contributed by atoms with Gasteiger partial charge in [0.2, 0.25) is 0 Å². The number of rotatable bonds is 5. The highest BCUT2D eigenvalue weighted by Gasteiger charge is 2.03. The molecule has 16 heavy (non-hydrogen) atoms. The molecule has 0 heterocycles. The van der Waals surface area contributed by atoms with Crippen LogP contribution in [0, 0.1) is 0 Å². The zero-order valence-electron chi connectivity index (χ0n) is 9.27. The Morgan fingerprint density at radius 1 is 1.44 bits per heavy atom. The molecule has 0 saturated heterocycles. The first-order valence-electron chi connectivity index (χ1n) is 4.89. The van der Waals surface area contributed by atoms with Gasteiger partial charge in [-0.3, -0.25) is 0 Å². The van der Waals surface area contributed by atoms with Crippen molar-refractivity contribution in [3.8, 4) is 11.5 Å². The molecule has 86 valence electrons. The van der Waals surface area contributed by atoms with Gasteiger partial charge in [-0.25, -0.2) is 4.79 Å². The molecule has 1 N–H and O–H groups in total. The molecular weight excluding hydrogens is 208 g/mol. The summed E-state index contributed by atoms with van der Waals surface area (Å²) < 4.78 is 10.5. The molecule has 0 saturated carbocycles. The second kappa shape index (κ2) is 5.80. The van der Waals surface area contributed by atoms with Crippen LogP contribution < -0.4 is 9.47 Å². The number of methoxy groups -OCH3 is 1. The van der Waals surface area contributed by atoms with Crippen molar-refractivity contribution in [2.75, 3.05) is 13.7 Å². The summed E-state index contributed by atoms with van der Waals surface area (Å²) in [7, 11) is 1.56. The van der Waals surface area contributed by atoms with Crippen LogP contribution in [0.25, 0.3) is 6.08 Å². The predicted octanol–water partition coefficient (Wildman–Crippen LogP) is 2.19. The van der Waals surface area contributed by atoms with Crippen molar-refractivity contribution in [1.82, 2.24) is 0 Å². The Morgan fingerprint density at radius 3 is 2.75 bits per heavy atom. The molecule has 0 fully saturated rings. The summed E-state index contributed by atoms with van der Waals surface area (Å²) in [6.07, 6.45) is 2.59. The fourth-order valence-electron chi connectivity index (χ4n) is 1.23. The number of hydrogen-bond acceptors (Lipinski definition) is 3. The lowest BCUT2D eigenvalue weighted by Gasteiger charge is -2.09. The van der Waals surface area contributed by atoms with Gasteiger partial charge in [-0.1, -0.05) is 6.07 Å². The fourth-order valence-corrected chi connectivity index (χ4v) is 1.23. The highest BCUT2D eigenvalue weighted by molar-refractivity contribution is 5.85. The summed E-state index contributed by atoms with van der Waals surface area (Å²) in [5, 5.41) is 8.51. The Labute approximate surface area is 94.1 Å². The molecule has 1 aromatic rings. The SMILES string of the molecule is CCOc1cc(C=CC(=O)O)ccc1OC. The van der Waals surface area contributed by atoms with Crippen LogP contribution in [-0.4, -0.2) is 24.8 Å². The molecule has 0 unspecified atom stereocenters. The van der Waals surface area contributed by atoms with E-state index < -0.39 is 5.97 Å². The minimum Gasteiger partial charge on any atom is -0.493 e. The number of hydrogen-bond donors (Lipinski definition) is 1. The first-order valence-corrected chi connectivity index (χ1v) is 4.89. The average Bonchev–Trinajstić information content (AvgIpc) is 2.27. The third-order valence-corrected chi connectivity index (χ3v) is 1.91. The van der Waals surface area contributed by atoms with E-state index in [9.17, 15) is 4.79 Å². The van der Waals surface area contributed by atoms with Gasteiger partial charge >= 0.3 is 5.97 Å². The van der Waals surface area contributed by atoms with Gasteiger partial charge in [0.25, 0.3) is 0 Å². The van der Waals surface area contributed by atoms with Crippen molar-refractivity contribution in [2.24, 2.45) is 0 Å². The van der Waals surface area contributed by atoms with Gasteiger partial charge in [-0.2, -0.15) is 0 Å². The molecule has 0 amide bonds. The van der Waals surface area contributed by atoms with E-state index in [4.69, 9.17) is 14.6 Å². The van der Waals surface area contributed by atoms with Gasteiger partial charge in [-0.15, -0.1) is 0 Å². The summed E-state index contributed by atoms with van der Waals surface area (Å²) in [4.78, 5) is 10.4. The van der Waals surface area contributed by atoms with Gasteiger partial charge < -0.3 is 14.6 Å². The molecule has 1 rings (SSSR count). The normalized spacial score (nSPS) is 10.4. The molecule has 4 nitrogen and oxygen atoms in total. The molecule has 0 atom stereocenters. The van der Waals surface area contributed by atoms with E-state index in [1.807, 2.05) is 6.92 Å². The van der Waals surface area contributed by atoms with Crippen LogP contribution >= 0.6 is 0 Å². The molecule has 0 bridgehead atoms. The zero-order valence-corrected chi connectivity index (χ0v) is 9.27. The maximum atomic E-state index is 10.4. The maximum Gasteiger partial charge on any atom is 0.328 e. The monoisotopic (exact) mass is 222 g/mol. The van der Waals surface area contributed by atoms with Crippen molar-refractivity contribution in [1.29, 1.82) is 0 Å². The van der Waals surface area contributed by atoms with Gasteiger partial charge in [0.15, 0.2) is 11.5 Å². The lowest BCUT2D eigenvalue weighted by atomic mass is 10.2. The largest absolute Gasteiger partial charge is 0.493 e. The standard InChI is InChI=1S/C12H14O4/c1-3-16-11-8-9(5-7-12(13)14)4-6-10(11)15-2/h4-8H,3H2,1-2H3,(H,13,14). The summed E-state index contributed by atoms with van der Waals surface area (Å²) in [6, 6.07) is 5.25. The van der Waals surface area contributed by atoms with Crippen molar-refractivity contribution >= 4 is 12.0 Å². The van der Waals surface area contributed by atoms with Crippen LogP contribution in [0.3, 0.4) is 0 Å². The Morgan fingerprint density at radius 2 is 2.19 bits per heavy atom. The predicted molar refractivity (Wildman–Crippen MR) is 60.8 cm³/mol. The van der Waals surface area contributed by atoms with Gasteiger partial charge in [0.1, 0.15) is 0 Å². The third kappa shape index (κ3) is 3.31. The average molecular weight is 222 g/mol. The summed E-state index contributed by atoms with van der Waals surface area (Å²) in [5.41, 5.74) is 0.756. The minimum atomic E-state index is -0.978. The van der Waals surface area contributed by atoms with Crippen LogP contribution in [-0.2, 0) is 4.79 Å². The third-order valence-electron chi connectivity index (χ3n) is 1.91. The van der Waals surface area contributed by atoms with E-state index in [0.717, 1.165) is 11.6 Å². The van der Waals surface area contributed by atoms with Gasteiger partial charge in [0.05, 0.1) is 13.7 Å². The van der Waals surface area contributed by atoms with Crippen molar-refractivity contribution in [3.05, 3.63) is 29.8 Å². The van der Waals surface area contributed by atoms with Crippen molar-refractivity contribution < 1.29 is 19.4 Å². The van der Waals surface area contributed by atoms with E-state index in [1.165, 1.54) is 6.08 Å². The van der Waals surface area contributed by atoms with Crippen LogP contribution in [0.1, 0.15) is 12.5 Å². The summed E-state index contributed by atoms with van der Waals surface area (Å²) in [5.74, 6) is 0.264. The van der Waals surface area contributed by atoms with Crippen molar-refractivity contribution in [3.63, 3.8) is 0 Å². The molecular formula is C12H14O4. The topological polar surface area (TPSA) is 55.8 Å². The molecule has 0 spiro atoms. The van der Waals surface area contributed by atoms with Gasteiger partial charge in [-0.05, 0) is 30.7 Å². The van der Waals surface area contributed by atoms with Gasteiger partial charge in [0, 0.05) is 6.08 Å². The second-order valence-corrected chi connectivity index (χ2v) is 3.01. The molecule has 1 aromatic carbocycles. The maximum absolute atomic E-state index is 10.4. The van der Waals surface area contributed by atoms with Crippen LogP contribution in [0.2, 0.25) is 0 Å². The number of carbonyl (C=O) groups is 1. The first-order chi connectivity index (χ1) is 7.67. The quantitative estimate of drug-likeness (QED) is 0.776. The Hall–Kier alpha value is -1.97. The Balaban J connectivity index is 2.96. The van der Waals surface area contributed by atoms with Crippen molar-refractivity contribution in [2.45, 2.75) is 6.92 Å². The van der Waals surface area contributed by atoms with Crippen LogP contribution in [0.5, 0.6) is 11.5 Å². The minimum absolute atomic E-state index is 0.530. The molecule has 0 aliphatic rings. The smallest absolute Gasteiger partial charge is 0.328 e. The lowest BCUT2D eigenvalue weighted by molar-refractivity contribution is -0.131. The lowest BCUT2D eigenvalue weighted by Crippen LogP contribution is -1.95. The molecule has 0 aliphatic carbocycles. The highest BCUT2D eigenvalue weighted by Crippen LogP contribution is 2.28. The number of carboxylic acids is 1. The summed E-state index contributed by atoms with van der Waals surface area (Å²) in [6.45, 7) is 2.40. The van der Waals surface area contributed by atoms with Crippen LogP contribution in [0.4, 0.5) is 0 Å².